The second-order valence-corrected chi connectivity index (χ2v) is 5.51. The quantitative estimate of drug-likeness (QED) is 0.827. The van der Waals surface area contributed by atoms with Gasteiger partial charge in [0.05, 0.1) is 10.8 Å². The number of anilines is 1. The predicted molar refractivity (Wildman–Crippen MR) is 63.1 cm³/mol. The molecule has 2 atom stereocenters. The number of rotatable bonds is 5. The molecular weight excluding hydrogens is 248 g/mol. The first kappa shape index (κ1) is 14.1. The molecule has 96 valence electrons. The summed E-state index contributed by atoms with van der Waals surface area (Å²) in [5.74, 6) is -1.74. The molecule has 1 rings (SSSR count). The zero-order valence-electron chi connectivity index (χ0n) is 9.70. The second kappa shape index (κ2) is 6.07. The lowest BCUT2D eigenvalue weighted by Crippen LogP contribution is -2.16. The second-order valence-electron chi connectivity index (χ2n) is 3.70. The zero-order valence-corrected chi connectivity index (χ0v) is 10.5. The minimum atomic E-state index is -1.75. The van der Waals surface area contributed by atoms with Crippen molar-refractivity contribution in [1.29, 1.82) is 0 Å². The molecular formula is C11H15F2NO2S. The van der Waals surface area contributed by atoms with Gasteiger partial charge in [-0.05, 0) is 18.6 Å². The Balaban J connectivity index is 2.96. The third kappa shape index (κ3) is 3.47. The van der Waals surface area contributed by atoms with Gasteiger partial charge in [-0.3, -0.25) is 4.21 Å². The Morgan fingerprint density at radius 3 is 2.41 bits per heavy atom. The molecule has 0 fully saturated rings. The van der Waals surface area contributed by atoms with E-state index in [1.807, 2.05) is 0 Å². The monoisotopic (exact) mass is 263 g/mol. The molecule has 1 aromatic rings. The van der Waals surface area contributed by atoms with Crippen LogP contribution in [0.4, 0.5) is 14.5 Å². The molecule has 1 aromatic carbocycles. The first-order chi connectivity index (χ1) is 7.97. The van der Waals surface area contributed by atoms with Crippen LogP contribution in [0, 0.1) is 11.6 Å². The van der Waals surface area contributed by atoms with Crippen LogP contribution < -0.4 is 5.73 Å². The van der Waals surface area contributed by atoms with Crippen LogP contribution in [-0.4, -0.2) is 23.2 Å². The van der Waals surface area contributed by atoms with E-state index in [1.54, 1.807) is 6.92 Å². The maximum Gasteiger partial charge on any atom is 0.144 e. The van der Waals surface area contributed by atoms with Crippen LogP contribution in [0.15, 0.2) is 17.0 Å². The Bertz CT molecular complexity index is 403. The molecule has 0 saturated heterocycles. The summed E-state index contributed by atoms with van der Waals surface area (Å²) in [5, 5.41) is -0.387. The van der Waals surface area contributed by atoms with Gasteiger partial charge < -0.3 is 10.5 Å². The highest BCUT2D eigenvalue weighted by molar-refractivity contribution is 7.85. The molecule has 0 aliphatic carbocycles. The summed E-state index contributed by atoms with van der Waals surface area (Å²) in [5.41, 5.74) is 5.26. The minimum Gasteiger partial charge on any atom is -0.399 e. The standard InChI is InChI=1S/C11H15F2NO2S/c1-7(3-4-16-2)17(15)11-9(12)5-8(14)6-10(11)13/h5-7H,3-4,14H2,1-2H3. The third-order valence-electron chi connectivity index (χ3n) is 2.32. The maximum atomic E-state index is 13.5. The summed E-state index contributed by atoms with van der Waals surface area (Å²) in [7, 11) is -0.233. The van der Waals surface area contributed by atoms with Gasteiger partial charge in [-0.25, -0.2) is 8.78 Å². The van der Waals surface area contributed by atoms with Gasteiger partial charge in [0.15, 0.2) is 0 Å². The van der Waals surface area contributed by atoms with Crippen molar-refractivity contribution in [2.75, 3.05) is 19.5 Å². The largest absolute Gasteiger partial charge is 0.399 e. The molecule has 2 unspecified atom stereocenters. The number of nitrogen functional groups attached to an aromatic ring is 1. The smallest absolute Gasteiger partial charge is 0.144 e. The molecule has 6 heteroatoms. The van der Waals surface area contributed by atoms with E-state index in [1.165, 1.54) is 7.11 Å². The van der Waals surface area contributed by atoms with E-state index in [-0.39, 0.29) is 10.9 Å². The van der Waals surface area contributed by atoms with E-state index >= 15 is 0 Å². The molecule has 0 aliphatic heterocycles. The highest BCUT2D eigenvalue weighted by atomic mass is 32.2. The van der Waals surface area contributed by atoms with E-state index in [0.717, 1.165) is 12.1 Å². The number of benzene rings is 1. The lowest BCUT2D eigenvalue weighted by atomic mass is 10.3. The van der Waals surface area contributed by atoms with Crippen LogP contribution >= 0.6 is 0 Å². The molecule has 3 nitrogen and oxygen atoms in total. The van der Waals surface area contributed by atoms with Crippen LogP contribution in [0.5, 0.6) is 0 Å². The van der Waals surface area contributed by atoms with E-state index < -0.39 is 27.3 Å². The molecule has 0 amide bonds. The SMILES string of the molecule is COCCC(C)S(=O)c1c(F)cc(N)cc1F. The fourth-order valence-corrected chi connectivity index (χ4v) is 2.58. The molecule has 2 N–H and O–H groups in total. The lowest BCUT2D eigenvalue weighted by molar-refractivity contribution is 0.195. The summed E-state index contributed by atoms with van der Waals surface area (Å²) in [6.07, 6.45) is 0.465. The average Bonchev–Trinajstić information content (AvgIpc) is 2.24. The van der Waals surface area contributed by atoms with E-state index in [4.69, 9.17) is 10.5 Å². The average molecular weight is 263 g/mol. The van der Waals surface area contributed by atoms with Crippen LogP contribution in [-0.2, 0) is 15.5 Å². The molecule has 0 bridgehead atoms. The maximum absolute atomic E-state index is 13.5. The number of hydrogen-bond acceptors (Lipinski definition) is 3. The Morgan fingerprint density at radius 2 is 1.94 bits per heavy atom. The van der Waals surface area contributed by atoms with Crippen molar-refractivity contribution >= 4 is 16.5 Å². The Hall–Kier alpha value is -1.01. The van der Waals surface area contributed by atoms with Crippen molar-refractivity contribution in [3.63, 3.8) is 0 Å². The highest BCUT2D eigenvalue weighted by Crippen LogP contribution is 2.23. The van der Waals surface area contributed by atoms with Crippen molar-refractivity contribution < 1.29 is 17.7 Å². The Kier molecular flexibility index (Phi) is 5.02. The van der Waals surface area contributed by atoms with Crippen LogP contribution in [0.2, 0.25) is 0 Å². The molecule has 0 spiro atoms. The van der Waals surface area contributed by atoms with Gasteiger partial charge >= 0.3 is 0 Å². The van der Waals surface area contributed by atoms with Crippen molar-refractivity contribution in [3.8, 4) is 0 Å². The Labute approximate surface area is 101 Å². The first-order valence-electron chi connectivity index (χ1n) is 5.11. The first-order valence-corrected chi connectivity index (χ1v) is 6.32. The van der Waals surface area contributed by atoms with Gasteiger partial charge in [0.25, 0.3) is 0 Å². The van der Waals surface area contributed by atoms with Gasteiger partial charge in [-0.2, -0.15) is 0 Å². The van der Waals surface area contributed by atoms with Gasteiger partial charge in [-0.1, -0.05) is 6.92 Å². The normalized spacial score (nSPS) is 14.6. The molecule has 0 aromatic heterocycles. The summed E-state index contributed by atoms with van der Waals surface area (Å²) in [4.78, 5) is -0.414. The van der Waals surface area contributed by atoms with E-state index in [0.29, 0.717) is 13.0 Å². The summed E-state index contributed by atoms with van der Waals surface area (Å²) in [6, 6.07) is 1.94. The van der Waals surface area contributed by atoms with Gasteiger partial charge in [0.1, 0.15) is 16.5 Å². The zero-order chi connectivity index (χ0) is 13.0. The van der Waals surface area contributed by atoms with Crippen LogP contribution in [0.3, 0.4) is 0 Å². The molecule has 0 radical (unpaired) electrons. The number of nitrogens with two attached hydrogens (primary N) is 1. The predicted octanol–water partition coefficient (Wildman–Crippen LogP) is 2.08. The number of methoxy groups -OCH3 is 1. The van der Waals surface area contributed by atoms with E-state index in [2.05, 4.69) is 0 Å². The number of halogens is 2. The summed E-state index contributed by atoms with van der Waals surface area (Å²) >= 11 is 0. The highest BCUT2D eigenvalue weighted by Gasteiger charge is 2.21. The van der Waals surface area contributed by atoms with Crippen LogP contribution in [0.25, 0.3) is 0 Å². The lowest BCUT2D eigenvalue weighted by Gasteiger charge is -2.12. The fourth-order valence-electron chi connectivity index (χ4n) is 1.36. The molecule has 0 heterocycles. The Morgan fingerprint density at radius 1 is 1.41 bits per heavy atom. The van der Waals surface area contributed by atoms with Crippen molar-refractivity contribution in [2.45, 2.75) is 23.5 Å². The molecule has 0 saturated carbocycles. The summed E-state index contributed by atoms with van der Waals surface area (Å²) < 4.78 is 43.8. The van der Waals surface area contributed by atoms with E-state index in [9.17, 15) is 13.0 Å². The third-order valence-corrected chi connectivity index (χ3v) is 4.07. The molecule has 0 aliphatic rings. The fraction of sp³-hybridized carbons (Fsp3) is 0.455. The summed E-state index contributed by atoms with van der Waals surface area (Å²) in [6.45, 7) is 2.05. The topological polar surface area (TPSA) is 52.3 Å². The minimum absolute atomic E-state index is 0.0229. The number of ether oxygens (including phenoxy) is 1. The molecule has 17 heavy (non-hydrogen) atoms. The van der Waals surface area contributed by atoms with Crippen molar-refractivity contribution in [1.82, 2.24) is 0 Å². The van der Waals surface area contributed by atoms with Gasteiger partial charge in [0.2, 0.25) is 0 Å². The van der Waals surface area contributed by atoms with Crippen molar-refractivity contribution in [3.05, 3.63) is 23.8 Å². The van der Waals surface area contributed by atoms with Gasteiger partial charge in [0, 0.05) is 24.7 Å². The van der Waals surface area contributed by atoms with Gasteiger partial charge in [-0.15, -0.1) is 0 Å². The van der Waals surface area contributed by atoms with Crippen LogP contribution in [0.1, 0.15) is 13.3 Å². The van der Waals surface area contributed by atoms with Crippen molar-refractivity contribution in [2.24, 2.45) is 0 Å². The number of hydrogen-bond donors (Lipinski definition) is 1.